The predicted octanol–water partition coefficient (Wildman–Crippen LogP) is 3.98. The molecule has 3 rings (SSSR count). The second-order valence-electron chi connectivity index (χ2n) is 7.80. The first-order chi connectivity index (χ1) is 14.3. The highest BCUT2D eigenvalue weighted by Crippen LogP contribution is 2.40. The van der Waals surface area contributed by atoms with Gasteiger partial charge in [0.25, 0.3) is 5.91 Å². The highest BCUT2D eigenvalue weighted by molar-refractivity contribution is 5.91. The van der Waals surface area contributed by atoms with Gasteiger partial charge in [-0.05, 0) is 62.3 Å². The van der Waals surface area contributed by atoms with Crippen molar-refractivity contribution in [3.05, 3.63) is 47.2 Å². The number of amides is 1. The number of rotatable bonds is 9. The van der Waals surface area contributed by atoms with Gasteiger partial charge in [0.2, 0.25) is 6.29 Å². The Kier molecular flexibility index (Phi) is 7.41. The first-order valence-electron chi connectivity index (χ1n) is 10.4. The van der Waals surface area contributed by atoms with Crippen molar-refractivity contribution in [1.29, 1.82) is 0 Å². The standard InChI is InChI=1S/C22H28F3NO4/c1-2-29-21-17(4-3-11-27)18(15-7-9-16(10-8-15)22(23,24)25)12-19(30-21)20(28)26-13-14-5-6-14/h7-10,12,14,17-18,21,27H,2-6,11,13H2,1H3,(H,26,28)/t17-,18+,21+/m0/s1. The summed E-state index contributed by atoms with van der Waals surface area (Å²) in [7, 11) is 0. The molecule has 8 heteroatoms. The highest BCUT2D eigenvalue weighted by atomic mass is 19.4. The number of nitrogens with one attached hydrogen (secondary N) is 1. The molecule has 0 saturated heterocycles. The van der Waals surface area contributed by atoms with Crippen molar-refractivity contribution < 1.29 is 32.5 Å². The van der Waals surface area contributed by atoms with Gasteiger partial charge in [-0.25, -0.2) is 0 Å². The molecular formula is C22H28F3NO4. The topological polar surface area (TPSA) is 67.8 Å². The molecule has 0 bridgehead atoms. The zero-order valence-electron chi connectivity index (χ0n) is 17.0. The van der Waals surface area contributed by atoms with Crippen LogP contribution >= 0.6 is 0 Å². The summed E-state index contributed by atoms with van der Waals surface area (Å²) >= 11 is 0. The van der Waals surface area contributed by atoms with Crippen molar-refractivity contribution in [2.45, 2.75) is 51.0 Å². The van der Waals surface area contributed by atoms with Crippen LogP contribution in [0.15, 0.2) is 36.1 Å². The summed E-state index contributed by atoms with van der Waals surface area (Å²) in [4.78, 5) is 12.6. The van der Waals surface area contributed by atoms with Crippen molar-refractivity contribution in [2.75, 3.05) is 19.8 Å². The Balaban J connectivity index is 1.89. The first-order valence-corrected chi connectivity index (χ1v) is 10.4. The van der Waals surface area contributed by atoms with Crippen molar-refractivity contribution in [3.63, 3.8) is 0 Å². The first kappa shape index (κ1) is 22.6. The van der Waals surface area contributed by atoms with Crippen LogP contribution in [0.3, 0.4) is 0 Å². The van der Waals surface area contributed by atoms with E-state index in [0.717, 1.165) is 25.0 Å². The van der Waals surface area contributed by atoms with Gasteiger partial charge in [0.05, 0.1) is 5.56 Å². The monoisotopic (exact) mass is 427 g/mol. The zero-order chi connectivity index (χ0) is 21.7. The molecule has 1 saturated carbocycles. The lowest BCUT2D eigenvalue weighted by atomic mass is 9.80. The van der Waals surface area contributed by atoms with Gasteiger partial charge < -0.3 is 19.9 Å². The number of ether oxygens (including phenoxy) is 2. The Hall–Kier alpha value is -2.06. The summed E-state index contributed by atoms with van der Waals surface area (Å²) in [6.07, 6.45) is -0.241. The van der Waals surface area contributed by atoms with Crippen molar-refractivity contribution in [1.82, 2.24) is 5.32 Å². The van der Waals surface area contributed by atoms with Crippen molar-refractivity contribution >= 4 is 5.91 Å². The number of aliphatic hydroxyl groups is 1. The molecule has 0 aromatic heterocycles. The van der Waals surface area contributed by atoms with Gasteiger partial charge in [-0.3, -0.25) is 4.79 Å². The molecule has 1 fully saturated rings. The summed E-state index contributed by atoms with van der Waals surface area (Å²) in [5, 5.41) is 12.1. The van der Waals surface area contributed by atoms with Crippen LogP contribution in [-0.4, -0.2) is 37.1 Å². The van der Waals surface area contributed by atoms with E-state index in [2.05, 4.69) is 5.32 Å². The normalized spacial score (nSPS) is 24.2. The fourth-order valence-electron chi connectivity index (χ4n) is 3.69. The minimum atomic E-state index is -4.41. The van der Waals surface area contributed by atoms with E-state index in [1.165, 1.54) is 12.1 Å². The summed E-state index contributed by atoms with van der Waals surface area (Å²) in [5.41, 5.74) is -0.0793. The molecule has 166 valence electrons. The third kappa shape index (κ3) is 5.76. The summed E-state index contributed by atoms with van der Waals surface area (Å²) in [5.74, 6) is -0.327. The molecule has 1 aliphatic carbocycles. The smallest absolute Gasteiger partial charge is 0.416 e. The van der Waals surface area contributed by atoms with E-state index in [4.69, 9.17) is 9.47 Å². The molecule has 0 radical (unpaired) electrons. The number of alkyl halides is 3. The average Bonchev–Trinajstić information content (AvgIpc) is 3.55. The summed E-state index contributed by atoms with van der Waals surface area (Å²) < 4.78 is 50.5. The third-order valence-electron chi connectivity index (χ3n) is 5.51. The average molecular weight is 427 g/mol. The highest BCUT2D eigenvalue weighted by Gasteiger charge is 2.38. The minimum Gasteiger partial charge on any atom is -0.459 e. The number of allylic oxidation sites excluding steroid dienone is 1. The van der Waals surface area contributed by atoms with E-state index >= 15 is 0 Å². The zero-order valence-corrected chi connectivity index (χ0v) is 17.0. The molecule has 1 aromatic rings. The van der Waals surface area contributed by atoms with Crippen molar-refractivity contribution in [3.8, 4) is 0 Å². The molecule has 30 heavy (non-hydrogen) atoms. The number of hydrogen-bond acceptors (Lipinski definition) is 4. The molecule has 5 nitrogen and oxygen atoms in total. The number of halogens is 3. The van der Waals surface area contributed by atoms with E-state index in [1.54, 1.807) is 6.08 Å². The van der Waals surface area contributed by atoms with E-state index in [9.17, 15) is 23.1 Å². The van der Waals surface area contributed by atoms with Crippen LogP contribution in [0.4, 0.5) is 13.2 Å². The van der Waals surface area contributed by atoms with E-state index in [0.29, 0.717) is 37.5 Å². The molecule has 2 N–H and O–H groups in total. The Labute approximate surface area is 174 Å². The van der Waals surface area contributed by atoms with E-state index in [-0.39, 0.29) is 30.1 Å². The molecule has 1 aromatic carbocycles. The van der Waals surface area contributed by atoms with Crippen LogP contribution in [0, 0.1) is 11.8 Å². The fraction of sp³-hybridized carbons (Fsp3) is 0.591. The number of aliphatic hydroxyl groups excluding tert-OH is 1. The Morgan fingerprint density at radius 3 is 2.53 bits per heavy atom. The van der Waals surface area contributed by atoms with Crippen LogP contribution < -0.4 is 5.32 Å². The Morgan fingerprint density at radius 2 is 1.97 bits per heavy atom. The molecule has 2 aliphatic rings. The molecule has 0 unspecified atom stereocenters. The van der Waals surface area contributed by atoms with Crippen LogP contribution in [0.2, 0.25) is 0 Å². The largest absolute Gasteiger partial charge is 0.459 e. The molecule has 3 atom stereocenters. The number of carbonyl (C=O) groups is 1. The summed E-state index contributed by atoms with van der Waals surface area (Å²) in [6, 6.07) is 4.96. The lowest BCUT2D eigenvalue weighted by Gasteiger charge is -2.37. The SMILES string of the molecule is CCO[C@@H]1OC(C(=O)NCC2CC2)=C[C@H](c2ccc(C(F)(F)F)cc2)[C@@H]1CCCO. The fourth-order valence-corrected chi connectivity index (χ4v) is 3.69. The quantitative estimate of drug-likeness (QED) is 0.626. The van der Waals surface area contributed by atoms with Crippen LogP contribution in [0.1, 0.15) is 49.7 Å². The predicted molar refractivity (Wildman–Crippen MR) is 104 cm³/mol. The van der Waals surface area contributed by atoms with Crippen molar-refractivity contribution in [2.24, 2.45) is 11.8 Å². The second kappa shape index (κ2) is 9.83. The Morgan fingerprint density at radius 1 is 1.27 bits per heavy atom. The maximum atomic E-state index is 13.0. The van der Waals surface area contributed by atoms with Gasteiger partial charge in [-0.2, -0.15) is 13.2 Å². The molecular weight excluding hydrogens is 399 g/mol. The molecule has 1 aliphatic heterocycles. The Bertz CT molecular complexity index is 744. The van der Waals surface area contributed by atoms with E-state index in [1.807, 2.05) is 6.92 Å². The molecule has 1 amide bonds. The minimum absolute atomic E-state index is 0.0203. The van der Waals surface area contributed by atoms with Crippen LogP contribution in [0.25, 0.3) is 0 Å². The van der Waals surface area contributed by atoms with Gasteiger partial charge in [0.1, 0.15) is 0 Å². The number of benzene rings is 1. The van der Waals surface area contributed by atoms with Crippen LogP contribution in [0.5, 0.6) is 0 Å². The maximum Gasteiger partial charge on any atom is 0.416 e. The number of hydrogen-bond donors (Lipinski definition) is 2. The van der Waals surface area contributed by atoms with Gasteiger partial charge in [-0.1, -0.05) is 12.1 Å². The van der Waals surface area contributed by atoms with Gasteiger partial charge in [0.15, 0.2) is 5.76 Å². The lowest BCUT2D eigenvalue weighted by molar-refractivity contribution is -0.166. The van der Waals surface area contributed by atoms with Gasteiger partial charge in [-0.15, -0.1) is 0 Å². The van der Waals surface area contributed by atoms with Gasteiger partial charge >= 0.3 is 6.18 Å². The van der Waals surface area contributed by atoms with Crippen LogP contribution in [-0.2, 0) is 20.4 Å². The molecule has 1 heterocycles. The summed E-state index contributed by atoms with van der Waals surface area (Å²) in [6.45, 7) is 2.73. The molecule has 0 spiro atoms. The second-order valence-corrected chi connectivity index (χ2v) is 7.80. The third-order valence-corrected chi connectivity index (χ3v) is 5.51. The maximum absolute atomic E-state index is 13.0. The van der Waals surface area contributed by atoms with E-state index < -0.39 is 18.0 Å². The number of carbonyl (C=O) groups excluding carboxylic acids is 1. The lowest BCUT2D eigenvalue weighted by Crippen LogP contribution is -2.39. The van der Waals surface area contributed by atoms with Gasteiger partial charge in [0, 0.05) is 31.6 Å².